The van der Waals surface area contributed by atoms with E-state index in [0.717, 1.165) is 6.07 Å². The van der Waals surface area contributed by atoms with E-state index < -0.39 is 33.9 Å². The second-order valence-electron chi connectivity index (χ2n) is 3.36. The van der Waals surface area contributed by atoms with E-state index in [1.807, 2.05) is 0 Å². The number of benzene rings is 1. The van der Waals surface area contributed by atoms with Gasteiger partial charge in [-0.05, 0) is 12.1 Å². The number of nitrogens with zero attached hydrogens (tertiary/aromatic N) is 1. The van der Waals surface area contributed by atoms with Crippen LogP contribution in [0.5, 0.6) is 5.88 Å². The maximum absolute atomic E-state index is 13.8. The van der Waals surface area contributed by atoms with Gasteiger partial charge in [0.05, 0.1) is 5.69 Å². The molecule has 2 aromatic rings. The number of nitrogens with two attached hydrogens (primary N) is 1. The molecule has 1 heterocycles. The Morgan fingerprint density at radius 1 is 1.22 bits per heavy atom. The van der Waals surface area contributed by atoms with E-state index in [1.54, 1.807) is 0 Å². The quantitative estimate of drug-likeness (QED) is 0.911. The molecule has 3 nitrogen and oxygen atoms in total. The zero-order valence-corrected chi connectivity index (χ0v) is 9.51. The smallest absolute Gasteiger partial charge is 0.284 e. The zero-order chi connectivity index (χ0) is 13.3. The van der Waals surface area contributed by atoms with Crippen molar-refractivity contribution in [1.82, 2.24) is 4.98 Å². The minimum absolute atomic E-state index is 0.170. The van der Waals surface area contributed by atoms with Crippen LogP contribution in [0.25, 0.3) is 11.3 Å². The van der Waals surface area contributed by atoms with Gasteiger partial charge in [0, 0.05) is 10.1 Å². The molecule has 0 saturated carbocycles. The molecule has 0 aliphatic rings. The summed E-state index contributed by atoms with van der Waals surface area (Å²) in [4.78, 5) is 6.83. The van der Waals surface area contributed by atoms with Gasteiger partial charge in [-0.1, -0.05) is 23.7 Å². The van der Waals surface area contributed by atoms with Crippen molar-refractivity contribution in [3.63, 3.8) is 0 Å². The summed E-state index contributed by atoms with van der Waals surface area (Å²) in [6.07, 6.45) is 0. The van der Waals surface area contributed by atoms with Gasteiger partial charge in [0.2, 0.25) is 0 Å². The minimum Gasteiger partial charge on any atom is -0.395 e. The highest BCUT2D eigenvalue weighted by atomic mass is 35.5. The first kappa shape index (κ1) is 12.5. The van der Waals surface area contributed by atoms with Crippen LogP contribution in [0.3, 0.4) is 0 Å². The van der Waals surface area contributed by atoms with Crippen molar-refractivity contribution < 1.29 is 18.2 Å². The highest BCUT2D eigenvalue weighted by Gasteiger charge is 2.21. The third kappa shape index (κ3) is 1.95. The van der Waals surface area contributed by atoms with Gasteiger partial charge < -0.3 is 5.73 Å². The van der Waals surface area contributed by atoms with E-state index >= 15 is 0 Å². The summed E-state index contributed by atoms with van der Waals surface area (Å²) in [5.41, 5.74) is 4.13. The molecular weight excluding hydrogens is 269 g/mol. The molecule has 0 fully saturated rings. The van der Waals surface area contributed by atoms with E-state index in [1.165, 1.54) is 18.2 Å². The Kier molecular flexibility index (Phi) is 3.29. The standard InChI is InChI=1S/C11H6ClF3N2O/c12-7-9(16)8(14)10(17-11(7)18-15)5-3-1-2-4-6(5)13/h1-4H,(H2,16,17). The first-order chi connectivity index (χ1) is 8.56. The van der Waals surface area contributed by atoms with Crippen LogP contribution in [0, 0.1) is 11.6 Å². The summed E-state index contributed by atoms with van der Waals surface area (Å²) in [6, 6.07) is 5.27. The van der Waals surface area contributed by atoms with Crippen molar-refractivity contribution in [2.75, 3.05) is 5.73 Å². The number of halogens is 4. The Morgan fingerprint density at radius 3 is 2.50 bits per heavy atom. The summed E-state index contributed by atoms with van der Waals surface area (Å²) in [6.45, 7) is 0. The fourth-order valence-electron chi connectivity index (χ4n) is 1.42. The lowest BCUT2D eigenvalue weighted by Gasteiger charge is -2.09. The first-order valence-electron chi connectivity index (χ1n) is 4.74. The molecule has 0 bridgehead atoms. The molecule has 0 saturated heterocycles. The van der Waals surface area contributed by atoms with Crippen molar-refractivity contribution in [3.05, 3.63) is 40.9 Å². The second-order valence-corrected chi connectivity index (χ2v) is 3.74. The maximum atomic E-state index is 13.8. The number of nitrogen functional groups attached to an aromatic ring is 1. The lowest BCUT2D eigenvalue weighted by atomic mass is 10.1. The van der Waals surface area contributed by atoms with Crippen molar-refractivity contribution in [2.24, 2.45) is 0 Å². The molecule has 0 atom stereocenters. The van der Waals surface area contributed by atoms with Crippen LogP contribution in [0.2, 0.25) is 5.02 Å². The van der Waals surface area contributed by atoms with Crippen molar-refractivity contribution in [1.29, 1.82) is 0 Å². The SMILES string of the molecule is Nc1c(F)c(-c2ccccc2F)nc(OF)c1Cl. The molecule has 2 rings (SSSR count). The van der Waals surface area contributed by atoms with Gasteiger partial charge in [0.25, 0.3) is 5.88 Å². The normalized spacial score (nSPS) is 10.4. The van der Waals surface area contributed by atoms with Crippen LogP contribution >= 0.6 is 11.6 Å². The summed E-state index contributed by atoms with van der Waals surface area (Å²) in [7, 11) is 0. The molecule has 7 heteroatoms. The van der Waals surface area contributed by atoms with E-state index in [9.17, 15) is 13.3 Å². The Balaban J connectivity index is 2.73. The van der Waals surface area contributed by atoms with Gasteiger partial charge >= 0.3 is 0 Å². The summed E-state index contributed by atoms with van der Waals surface area (Å²) >= 11 is 5.51. The molecule has 0 radical (unpaired) electrons. The van der Waals surface area contributed by atoms with Gasteiger partial charge in [0.1, 0.15) is 16.5 Å². The van der Waals surface area contributed by atoms with Crippen LogP contribution in [-0.2, 0) is 0 Å². The minimum atomic E-state index is -1.04. The molecule has 0 amide bonds. The summed E-state index contributed by atoms with van der Waals surface area (Å²) < 4.78 is 39.5. The fourth-order valence-corrected chi connectivity index (χ4v) is 1.58. The number of aromatic nitrogens is 1. The molecular formula is C11H6ClF3N2O. The average molecular weight is 275 g/mol. The van der Waals surface area contributed by atoms with Gasteiger partial charge in [0.15, 0.2) is 5.82 Å². The fraction of sp³-hybridized carbons (Fsp3) is 0. The first-order valence-corrected chi connectivity index (χ1v) is 5.12. The largest absolute Gasteiger partial charge is 0.395 e. The Hall–Kier alpha value is -1.95. The predicted molar refractivity (Wildman–Crippen MR) is 60.7 cm³/mol. The number of rotatable bonds is 2. The van der Waals surface area contributed by atoms with Gasteiger partial charge in [-0.15, -0.1) is 0 Å². The highest BCUT2D eigenvalue weighted by molar-refractivity contribution is 6.34. The number of pyridine rings is 1. The molecule has 1 aromatic carbocycles. The topological polar surface area (TPSA) is 48.1 Å². The Bertz CT molecular complexity index is 607. The van der Waals surface area contributed by atoms with Crippen LogP contribution in [0.4, 0.5) is 19.0 Å². The predicted octanol–water partition coefficient (Wildman–Crippen LogP) is 3.53. The monoisotopic (exact) mass is 274 g/mol. The van der Waals surface area contributed by atoms with Crippen molar-refractivity contribution in [3.8, 4) is 17.1 Å². The maximum Gasteiger partial charge on any atom is 0.284 e. The van der Waals surface area contributed by atoms with E-state index in [0.29, 0.717) is 0 Å². The lowest BCUT2D eigenvalue weighted by molar-refractivity contribution is -0.0116. The molecule has 0 aliphatic carbocycles. The van der Waals surface area contributed by atoms with Crippen LogP contribution in [0.15, 0.2) is 24.3 Å². The third-order valence-electron chi connectivity index (χ3n) is 2.28. The molecule has 1 aromatic heterocycles. The van der Waals surface area contributed by atoms with Gasteiger partial charge in [-0.2, -0.15) is 0 Å². The Morgan fingerprint density at radius 2 is 1.89 bits per heavy atom. The van der Waals surface area contributed by atoms with Gasteiger partial charge in [-0.3, -0.25) is 4.94 Å². The molecule has 2 N–H and O–H groups in total. The zero-order valence-electron chi connectivity index (χ0n) is 8.75. The van der Waals surface area contributed by atoms with E-state index in [-0.39, 0.29) is 5.56 Å². The van der Waals surface area contributed by atoms with E-state index in [2.05, 4.69) is 9.93 Å². The third-order valence-corrected chi connectivity index (χ3v) is 2.65. The highest BCUT2D eigenvalue weighted by Crippen LogP contribution is 2.36. The van der Waals surface area contributed by atoms with Gasteiger partial charge in [-0.25, -0.2) is 13.8 Å². The van der Waals surface area contributed by atoms with E-state index in [4.69, 9.17) is 17.3 Å². The van der Waals surface area contributed by atoms with Crippen molar-refractivity contribution >= 4 is 17.3 Å². The number of hydrogen-bond acceptors (Lipinski definition) is 3. The van der Waals surface area contributed by atoms with Crippen LogP contribution in [-0.4, -0.2) is 4.98 Å². The average Bonchev–Trinajstić information content (AvgIpc) is 2.38. The summed E-state index contributed by atoms with van der Waals surface area (Å²) in [5.74, 6) is -2.48. The molecule has 0 aliphatic heterocycles. The lowest BCUT2D eigenvalue weighted by Crippen LogP contribution is -2.01. The summed E-state index contributed by atoms with van der Waals surface area (Å²) in [5, 5.41) is -0.505. The second kappa shape index (κ2) is 4.73. The molecule has 18 heavy (non-hydrogen) atoms. The Labute approximate surface area is 105 Å². The number of hydrogen-bond donors (Lipinski definition) is 1. The molecule has 94 valence electrons. The van der Waals surface area contributed by atoms with Crippen LogP contribution < -0.4 is 10.7 Å². The van der Waals surface area contributed by atoms with Crippen molar-refractivity contribution in [2.45, 2.75) is 0 Å². The molecule has 0 spiro atoms. The number of anilines is 1. The van der Waals surface area contributed by atoms with Crippen LogP contribution in [0.1, 0.15) is 0 Å². The molecule has 0 unspecified atom stereocenters.